The standard InChI is InChI=1S/C18H36N6O/c1-2-3-4-5-6-7-8-9-10-11-14-25-15-12-13-21-18-23-16(19)22-17(20)24-18/h2-15H2,1H3,(H5,19,20,21,22,23,24). The SMILES string of the molecule is CCCCCCCCCCCCOCCCNc1nc(N)nc(N)n1. The van der Waals surface area contributed by atoms with Crippen LogP contribution in [0.15, 0.2) is 0 Å². The van der Waals surface area contributed by atoms with E-state index in [0.29, 0.717) is 5.95 Å². The number of anilines is 3. The lowest BCUT2D eigenvalue weighted by molar-refractivity contribution is 0.129. The zero-order valence-corrected chi connectivity index (χ0v) is 15.8. The third kappa shape index (κ3) is 12.4. The Bertz CT molecular complexity index is 423. The molecule has 0 saturated carbocycles. The van der Waals surface area contributed by atoms with Gasteiger partial charge in [0.1, 0.15) is 0 Å². The summed E-state index contributed by atoms with van der Waals surface area (Å²) in [6.45, 7) is 4.57. The Morgan fingerprint density at radius 3 is 1.84 bits per heavy atom. The fraction of sp³-hybridized carbons (Fsp3) is 0.833. The highest BCUT2D eigenvalue weighted by atomic mass is 16.5. The van der Waals surface area contributed by atoms with E-state index in [1.807, 2.05) is 0 Å². The van der Waals surface area contributed by atoms with Crippen molar-refractivity contribution in [2.45, 2.75) is 77.6 Å². The van der Waals surface area contributed by atoms with E-state index in [1.165, 1.54) is 57.8 Å². The van der Waals surface area contributed by atoms with Crippen LogP contribution in [0.3, 0.4) is 0 Å². The predicted molar refractivity (Wildman–Crippen MR) is 104 cm³/mol. The molecule has 7 nitrogen and oxygen atoms in total. The minimum absolute atomic E-state index is 0.132. The number of nitrogen functional groups attached to an aromatic ring is 2. The zero-order valence-electron chi connectivity index (χ0n) is 15.8. The largest absolute Gasteiger partial charge is 0.381 e. The number of nitrogens with zero attached hydrogens (tertiary/aromatic N) is 3. The summed E-state index contributed by atoms with van der Waals surface area (Å²) in [6.07, 6.45) is 14.4. The summed E-state index contributed by atoms with van der Waals surface area (Å²) in [5.74, 6) is 0.680. The van der Waals surface area contributed by atoms with Gasteiger partial charge in [0.05, 0.1) is 0 Å². The van der Waals surface area contributed by atoms with Gasteiger partial charge in [-0.1, -0.05) is 64.7 Å². The average Bonchev–Trinajstić information content (AvgIpc) is 2.57. The van der Waals surface area contributed by atoms with Crippen molar-refractivity contribution in [2.24, 2.45) is 0 Å². The van der Waals surface area contributed by atoms with Gasteiger partial charge in [-0.2, -0.15) is 15.0 Å². The fourth-order valence-corrected chi connectivity index (χ4v) is 2.66. The molecule has 0 saturated heterocycles. The molecule has 0 aliphatic heterocycles. The van der Waals surface area contributed by atoms with Gasteiger partial charge in [0, 0.05) is 19.8 Å². The molecule has 0 unspecified atom stereocenters. The van der Waals surface area contributed by atoms with Gasteiger partial charge in [0.25, 0.3) is 0 Å². The van der Waals surface area contributed by atoms with Crippen LogP contribution in [0, 0.1) is 0 Å². The van der Waals surface area contributed by atoms with Gasteiger partial charge in [-0.05, 0) is 12.8 Å². The Kier molecular flexibility index (Phi) is 12.6. The van der Waals surface area contributed by atoms with E-state index >= 15 is 0 Å². The quantitative estimate of drug-likeness (QED) is 0.388. The highest BCUT2D eigenvalue weighted by Crippen LogP contribution is 2.10. The second-order valence-corrected chi connectivity index (χ2v) is 6.45. The van der Waals surface area contributed by atoms with Crippen LogP contribution in [0.4, 0.5) is 17.8 Å². The Balaban J connectivity index is 1.81. The summed E-state index contributed by atoms with van der Waals surface area (Å²) in [6, 6.07) is 0. The van der Waals surface area contributed by atoms with Gasteiger partial charge in [-0.3, -0.25) is 0 Å². The molecular weight excluding hydrogens is 316 g/mol. The van der Waals surface area contributed by atoms with Crippen LogP contribution in [0.5, 0.6) is 0 Å². The molecule has 7 heteroatoms. The molecule has 25 heavy (non-hydrogen) atoms. The number of nitrogens with two attached hydrogens (primary N) is 2. The van der Waals surface area contributed by atoms with E-state index < -0.39 is 0 Å². The maximum atomic E-state index is 5.65. The monoisotopic (exact) mass is 352 g/mol. The summed E-state index contributed by atoms with van der Waals surface area (Å²) in [5, 5.41) is 3.07. The van der Waals surface area contributed by atoms with Gasteiger partial charge in [0.2, 0.25) is 17.8 Å². The first-order valence-corrected chi connectivity index (χ1v) is 9.81. The van der Waals surface area contributed by atoms with Crippen molar-refractivity contribution in [3.63, 3.8) is 0 Å². The number of unbranched alkanes of at least 4 members (excludes halogenated alkanes) is 9. The fourth-order valence-electron chi connectivity index (χ4n) is 2.66. The lowest BCUT2D eigenvalue weighted by Gasteiger charge is -2.07. The molecule has 0 aliphatic rings. The molecule has 1 aromatic rings. The second-order valence-electron chi connectivity index (χ2n) is 6.45. The number of rotatable bonds is 16. The molecule has 0 spiro atoms. The highest BCUT2D eigenvalue weighted by Gasteiger charge is 2.00. The molecule has 0 atom stereocenters. The number of hydrogen-bond acceptors (Lipinski definition) is 7. The Hall–Kier alpha value is -1.63. The van der Waals surface area contributed by atoms with Crippen LogP contribution in [0.1, 0.15) is 77.6 Å². The third-order valence-electron chi connectivity index (χ3n) is 4.06. The van der Waals surface area contributed by atoms with Crippen LogP contribution in [0.25, 0.3) is 0 Å². The highest BCUT2D eigenvalue weighted by molar-refractivity contribution is 5.36. The Morgan fingerprint density at radius 1 is 0.720 bits per heavy atom. The molecule has 0 aromatic carbocycles. The predicted octanol–water partition coefficient (Wildman–Crippen LogP) is 3.78. The third-order valence-corrected chi connectivity index (χ3v) is 4.06. The molecule has 0 radical (unpaired) electrons. The van der Waals surface area contributed by atoms with E-state index in [1.54, 1.807) is 0 Å². The molecule has 0 fully saturated rings. The normalized spacial score (nSPS) is 10.9. The van der Waals surface area contributed by atoms with E-state index in [0.717, 1.165) is 32.6 Å². The molecule has 1 aromatic heterocycles. The molecule has 144 valence electrons. The van der Waals surface area contributed by atoms with E-state index in [4.69, 9.17) is 16.2 Å². The smallest absolute Gasteiger partial charge is 0.229 e. The van der Waals surface area contributed by atoms with Gasteiger partial charge >= 0.3 is 0 Å². The van der Waals surface area contributed by atoms with Crippen molar-refractivity contribution in [1.29, 1.82) is 0 Å². The summed E-state index contributed by atoms with van der Waals surface area (Å²) < 4.78 is 5.65. The summed E-state index contributed by atoms with van der Waals surface area (Å²) in [7, 11) is 0. The minimum atomic E-state index is 0.132. The molecule has 1 heterocycles. The molecule has 1 rings (SSSR count). The Morgan fingerprint density at radius 2 is 1.24 bits per heavy atom. The van der Waals surface area contributed by atoms with Crippen molar-refractivity contribution in [3.05, 3.63) is 0 Å². The lowest BCUT2D eigenvalue weighted by atomic mass is 10.1. The number of aromatic nitrogens is 3. The average molecular weight is 353 g/mol. The first kappa shape index (κ1) is 21.4. The van der Waals surface area contributed by atoms with Gasteiger partial charge < -0.3 is 21.5 Å². The maximum Gasteiger partial charge on any atom is 0.229 e. The van der Waals surface area contributed by atoms with Crippen molar-refractivity contribution in [1.82, 2.24) is 15.0 Å². The zero-order chi connectivity index (χ0) is 18.2. The Labute approximate surface area is 152 Å². The van der Waals surface area contributed by atoms with Crippen LogP contribution in [-0.4, -0.2) is 34.7 Å². The number of ether oxygens (including phenoxy) is 1. The maximum absolute atomic E-state index is 5.65. The molecule has 0 amide bonds. The lowest BCUT2D eigenvalue weighted by Crippen LogP contribution is -2.11. The first-order chi connectivity index (χ1) is 12.2. The number of hydrogen-bond donors (Lipinski definition) is 3. The van der Waals surface area contributed by atoms with E-state index in [-0.39, 0.29) is 11.9 Å². The summed E-state index contributed by atoms with van der Waals surface area (Å²) in [4.78, 5) is 11.6. The van der Waals surface area contributed by atoms with Crippen molar-refractivity contribution in [3.8, 4) is 0 Å². The molecule has 0 bridgehead atoms. The topological polar surface area (TPSA) is 112 Å². The summed E-state index contributed by atoms with van der Waals surface area (Å²) in [5.41, 5.74) is 11.0. The van der Waals surface area contributed by atoms with Crippen molar-refractivity contribution in [2.75, 3.05) is 36.5 Å². The summed E-state index contributed by atoms with van der Waals surface area (Å²) >= 11 is 0. The molecular formula is C18H36N6O. The van der Waals surface area contributed by atoms with Crippen molar-refractivity contribution >= 4 is 17.8 Å². The van der Waals surface area contributed by atoms with Crippen LogP contribution in [-0.2, 0) is 4.74 Å². The van der Waals surface area contributed by atoms with Gasteiger partial charge in [0.15, 0.2) is 0 Å². The second kappa shape index (κ2) is 14.7. The van der Waals surface area contributed by atoms with E-state index in [2.05, 4.69) is 27.2 Å². The van der Waals surface area contributed by atoms with Crippen LogP contribution >= 0.6 is 0 Å². The minimum Gasteiger partial charge on any atom is -0.381 e. The van der Waals surface area contributed by atoms with Gasteiger partial charge in [-0.25, -0.2) is 0 Å². The number of nitrogens with one attached hydrogen (secondary N) is 1. The van der Waals surface area contributed by atoms with Crippen LogP contribution < -0.4 is 16.8 Å². The molecule has 5 N–H and O–H groups in total. The van der Waals surface area contributed by atoms with Gasteiger partial charge in [-0.15, -0.1) is 0 Å². The first-order valence-electron chi connectivity index (χ1n) is 9.81. The van der Waals surface area contributed by atoms with E-state index in [9.17, 15) is 0 Å². The van der Waals surface area contributed by atoms with Crippen LogP contribution in [0.2, 0.25) is 0 Å². The molecule has 0 aliphatic carbocycles. The van der Waals surface area contributed by atoms with Crippen molar-refractivity contribution < 1.29 is 4.74 Å².